The lowest BCUT2D eigenvalue weighted by Crippen LogP contribution is -2.08. The molecule has 0 bridgehead atoms. The van der Waals surface area contributed by atoms with Crippen molar-refractivity contribution < 1.29 is 0 Å². The SMILES string of the molecule is CC(Nc1cc(C#N)cc(Cl)n1)c1ccc(Br)cc1. The van der Waals surface area contributed by atoms with E-state index in [1.165, 1.54) is 6.07 Å². The van der Waals surface area contributed by atoms with Crippen molar-refractivity contribution in [2.24, 2.45) is 0 Å². The zero-order valence-corrected chi connectivity index (χ0v) is 12.5. The third-order valence-electron chi connectivity index (χ3n) is 2.66. The number of hydrogen-bond acceptors (Lipinski definition) is 3. The summed E-state index contributed by atoms with van der Waals surface area (Å²) in [5, 5.41) is 12.4. The van der Waals surface area contributed by atoms with Crippen molar-refractivity contribution in [3.63, 3.8) is 0 Å². The first-order valence-electron chi connectivity index (χ1n) is 5.68. The Hall–Kier alpha value is -1.57. The summed E-state index contributed by atoms with van der Waals surface area (Å²) in [6.45, 7) is 2.03. The molecule has 2 aromatic rings. The van der Waals surface area contributed by atoms with E-state index in [9.17, 15) is 0 Å². The minimum absolute atomic E-state index is 0.0746. The summed E-state index contributed by atoms with van der Waals surface area (Å²) in [5.41, 5.74) is 1.62. The smallest absolute Gasteiger partial charge is 0.132 e. The maximum Gasteiger partial charge on any atom is 0.132 e. The molecule has 0 saturated heterocycles. The largest absolute Gasteiger partial charge is 0.363 e. The molecule has 2 rings (SSSR count). The molecule has 1 unspecified atom stereocenters. The molecule has 0 fully saturated rings. The van der Waals surface area contributed by atoms with E-state index < -0.39 is 0 Å². The van der Waals surface area contributed by atoms with Crippen molar-refractivity contribution in [2.75, 3.05) is 5.32 Å². The van der Waals surface area contributed by atoms with E-state index >= 15 is 0 Å². The number of nitrogens with one attached hydrogen (secondary N) is 1. The number of pyridine rings is 1. The normalized spacial score (nSPS) is 11.7. The van der Waals surface area contributed by atoms with Crippen LogP contribution in [0.5, 0.6) is 0 Å². The molecule has 0 amide bonds. The Morgan fingerprint density at radius 1 is 1.32 bits per heavy atom. The van der Waals surface area contributed by atoms with Crippen LogP contribution in [0.2, 0.25) is 5.15 Å². The predicted molar refractivity (Wildman–Crippen MR) is 80.1 cm³/mol. The van der Waals surface area contributed by atoms with Gasteiger partial charge in [0.05, 0.1) is 11.6 Å². The first-order valence-corrected chi connectivity index (χ1v) is 6.85. The van der Waals surface area contributed by atoms with Gasteiger partial charge in [0.15, 0.2) is 0 Å². The van der Waals surface area contributed by atoms with Gasteiger partial charge in [0.1, 0.15) is 11.0 Å². The maximum atomic E-state index is 8.90. The van der Waals surface area contributed by atoms with E-state index in [0.717, 1.165) is 10.0 Å². The number of nitrogens with zero attached hydrogens (tertiary/aromatic N) is 2. The third-order valence-corrected chi connectivity index (χ3v) is 3.38. The molecule has 0 saturated carbocycles. The van der Waals surface area contributed by atoms with Gasteiger partial charge in [0.2, 0.25) is 0 Å². The van der Waals surface area contributed by atoms with Crippen LogP contribution in [0.4, 0.5) is 5.82 Å². The van der Waals surface area contributed by atoms with Crippen molar-refractivity contribution in [3.8, 4) is 6.07 Å². The maximum absolute atomic E-state index is 8.90. The van der Waals surface area contributed by atoms with Crippen LogP contribution in [0.3, 0.4) is 0 Å². The molecular formula is C14H11BrClN3. The molecule has 1 N–H and O–H groups in total. The summed E-state index contributed by atoms with van der Waals surface area (Å²) in [6, 6.07) is 13.4. The summed E-state index contributed by atoms with van der Waals surface area (Å²) in [5.74, 6) is 0.597. The lowest BCUT2D eigenvalue weighted by atomic mass is 10.1. The van der Waals surface area contributed by atoms with Crippen LogP contribution in [0, 0.1) is 11.3 Å². The van der Waals surface area contributed by atoms with Gasteiger partial charge in [-0.25, -0.2) is 4.98 Å². The highest BCUT2D eigenvalue weighted by molar-refractivity contribution is 9.10. The second-order valence-electron chi connectivity index (χ2n) is 4.09. The number of rotatable bonds is 3. The minimum Gasteiger partial charge on any atom is -0.363 e. The van der Waals surface area contributed by atoms with Crippen LogP contribution in [-0.2, 0) is 0 Å². The Morgan fingerprint density at radius 2 is 2.00 bits per heavy atom. The number of anilines is 1. The molecule has 19 heavy (non-hydrogen) atoms. The fourth-order valence-corrected chi connectivity index (χ4v) is 2.16. The number of nitriles is 1. The van der Waals surface area contributed by atoms with E-state index in [1.54, 1.807) is 6.07 Å². The average Bonchev–Trinajstić information content (AvgIpc) is 2.38. The molecular weight excluding hydrogens is 326 g/mol. The predicted octanol–water partition coefficient (Wildman–Crippen LogP) is 4.54. The molecule has 96 valence electrons. The Kier molecular flexibility index (Phi) is 4.41. The van der Waals surface area contributed by atoms with E-state index in [2.05, 4.69) is 32.3 Å². The van der Waals surface area contributed by atoms with Gasteiger partial charge >= 0.3 is 0 Å². The topological polar surface area (TPSA) is 48.7 Å². The van der Waals surface area contributed by atoms with Crippen LogP contribution >= 0.6 is 27.5 Å². The van der Waals surface area contributed by atoms with Gasteiger partial charge in [-0.2, -0.15) is 5.26 Å². The van der Waals surface area contributed by atoms with E-state index in [4.69, 9.17) is 16.9 Å². The van der Waals surface area contributed by atoms with Gasteiger partial charge in [0.25, 0.3) is 0 Å². The van der Waals surface area contributed by atoms with Crippen molar-refractivity contribution in [2.45, 2.75) is 13.0 Å². The fraction of sp³-hybridized carbons (Fsp3) is 0.143. The lowest BCUT2D eigenvalue weighted by molar-refractivity contribution is 0.874. The molecule has 0 radical (unpaired) electrons. The van der Waals surface area contributed by atoms with Crippen molar-refractivity contribution >= 4 is 33.3 Å². The zero-order valence-electron chi connectivity index (χ0n) is 10.2. The number of benzene rings is 1. The van der Waals surface area contributed by atoms with Crippen molar-refractivity contribution in [1.29, 1.82) is 5.26 Å². The summed E-state index contributed by atoms with van der Waals surface area (Å²) in [4.78, 5) is 4.16. The molecule has 5 heteroatoms. The van der Waals surface area contributed by atoms with Gasteiger partial charge in [-0.05, 0) is 36.8 Å². The zero-order chi connectivity index (χ0) is 13.8. The molecule has 1 atom stereocenters. The second kappa shape index (κ2) is 6.05. The lowest BCUT2D eigenvalue weighted by Gasteiger charge is -2.15. The second-order valence-corrected chi connectivity index (χ2v) is 5.40. The van der Waals surface area contributed by atoms with Gasteiger partial charge < -0.3 is 5.32 Å². The Balaban J connectivity index is 2.19. The quantitative estimate of drug-likeness (QED) is 0.837. The van der Waals surface area contributed by atoms with Gasteiger partial charge in [-0.3, -0.25) is 0 Å². The summed E-state index contributed by atoms with van der Waals surface area (Å²) >= 11 is 9.27. The minimum atomic E-state index is 0.0746. The van der Waals surface area contributed by atoms with E-state index in [1.807, 2.05) is 31.2 Å². The molecule has 0 spiro atoms. The van der Waals surface area contributed by atoms with E-state index in [0.29, 0.717) is 16.5 Å². The molecule has 0 aliphatic carbocycles. The molecule has 0 aliphatic heterocycles. The molecule has 0 aliphatic rings. The van der Waals surface area contributed by atoms with Gasteiger partial charge in [-0.15, -0.1) is 0 Å². The Bertz CT molecular complexity index is 620. The highest BCUT2D eigenvalue weighted by Gasteiger charge is 2.07. The number of hydrogen-bond donors (Lipinski definition) is 1. The Labute approximate surface area is 125 Å². The summed E-state index contributed by atoms with van der Waals surface area (Å²) in [6.07, 6.45) is 0. The standard InChI is InChI=1S/C14H11BrClN3/c1-9(11-2-4-12(15)5-3-11)18-14-7-10(8-17)6-13(16)19-14/h2-7,9H,1H3,(H,18,19). The van der Waals surface area contributed by atoms with Crippen molar-refractivity contribution in [3.05, 3.63) is 57.2 Å². The fourth-order valence-electron chi connectivity index (χ4n) is 1.69. The first kappa shape index (κ1) is 13.9. The van der Waals surface area contributed by atoms with Crippen LogP contribution in [-0.4, -0.2) is 4.98 Å². The highest BCUT2D eigenvalue weighted by Crippen LogP contribution is 2.22. The van der Waals surface area contributed by atoms with E-state index in [-0.39, 0.29) is 6.04 Å². The van der Waals surface area contributed by atoms with Crippen molar-refractivity contribution in [1.82, 2.24) is 4.98 Å². The molecule has 1 aromatic carbocycles. The summed E-state index contributed by atoms with van der Waals surface area (Å²) in [7, 11) is 0. The molecule has 1 aromatic heterocycles. The third kappa shape index (κ3) is 3.69. The Morgan fingerprint density at radius 3 is 2.63 bits per heavy atom. The average molecular weight is 337 g/mol. The number of aromatic nitrogens is 1. The van der Waals surface area contributed by atoms with Crippen LogP contribution in [0.25, 0.3) is 0 Å². The first-order chi connectivity index (χ1) is 9.08. The highest BCUT2D eigenvalue weighted by atomic mass is 79.9. The van der Waals surface area contributed by atoms with Gasteiger partial charge in [-0.1, -0.05) is 39.7 Å². The van der Waals surface area contributed by atoms with Crippen LogP contribution < -0.4 is 5.32 Å². The van der Waals surface area contributed by atoms with Crippen LogP contribution in [0.15, 0.2) is 40.9 Å². The molecule has 3 nitrogen and oxygen atoms in total. The summed E-state index contributed by atoms with van der Waals surface area (Å²) < 4.78 is 1.04. The van der Waals surface area contributed by atoms with Crippen LogP contribution in [0.1, 0.15) is 24.1 Å². The molecule has 1 heterocycles. The number of halogens is 2. The monoisotopic (exact) mass is 335 g/mol. The van der Waals surface area contributed by atoms with Gasteiger partial charge in [0, 0.05) is 10.5 Å².